The van der Waals surface area contributed by atoms with Gasteiger partial charge in [0.15, 0.2) is 0 Å². The summed E-state index contributed by atoms with van der Waals surface area (Å²) >= 11 is 11.2. The molecular weight excluding hydrogens is 1340 g/mol. The van der Waals surface area contributed by atoms with Crippen LogP contribution >= 0.6 is 47.8 Å². The number of hydrogen-bond acceptors (Lipinski definition) is 7. The third-order valence-electron chi connectivity index (χ3n) is 17.3. The van der Waals surface area contributed by atoms with Crippen molar-refractivity contribution in [3.8, 4) is 22.3 Å². The van der Waals surface area contributed by atoms with Gasteiger partial charge in [-0.1, -0.05) is 250 Å². The Labute approximate surface area is 589 Å². The summed E-state index contributed by atoms with van der Waals surface area (Å²) in [6, 6.07) is 81.1. The summed E-state index contributed by atoms with van der Waals surface area (Å²) < 4.78 is 33.2. The van der Waals surface area contributed by atoms with E-state index in [1.807, 2.05) is 47.6 Å². The minimum absolute atomic E-state index is 0. The van der Waals surface area contributed by atoms with Gasteiger partial charge in [0.25, 0.3) is 0 Å². The molecule has 0 aliphatic carbocycles. The number of unbranched alkanes of at least 4 members (excludes halogenated alkanes) is 1. The van der Waals surface area contributed by atoms with E-state index in [1.165, 1.54) is 107 Å². The van der Waals surface area contributed by atoms with Gasteiger partial charge in [0.05, 0.1) is 22.4 Å². The van der Waals surface area contributed by atoms with Crippen LogP contribution in [0.3, 0.4) is 0 Å². The summed E-state index contributed by atoms with van der Waals surface area (Å²) in [4.78, 5) is 0. The Morgan fingerprint density at radius 3 is 0.903 bits per heavy atom. The number of fused-ring (bicyclic) bond motifs is 6. The van der Waals surface area contributed by atoms with Crippen LogP contribution in [-0.2, 0) is 23.3 Å². The topological polar surface area (TPSA) is 86.6 Å². The summed E-state index contributed by atoms with van der Waals surface area (Å²) in [6.07, 6.45) is 2.40. The molecule has 93 heavy (non-hydrogen) atoms. The van der Waals surface area contributed by atoms with Crippen LogP contribution < -0.4 is 29.8 Å². The zero-order chi connectivity index (χ0) is 66.0. The Morgan fingerprint density at radius 2 is 0.634 bits per heavy atom. The third-order valence-corrected chi connectivity index (χ3v) is 19.9. The molecule has 0 atom stereocenters. The van der Waals surface area contributed by atoms with Crippen molar-refractivity contribution in [2.45, 2.75) is 118 Å². The van der Waals surface area contributed by atoms with E-state index in [-0.39, 0.29) is 47.4 Å². The van der Waals surface area contributed by atoms with Crippen LogP contribution in [0.2, 0.25) is 0 Å². The fourth-order valence-electron chi connectivity index (χ4n) is 11.0. The van der Waals surface area contributed by atoms with Crippen LogP contribution in [0, 0.1) is 6.92 Å². The molecule has 2 aliphatic rings. The Kier molecular flexibility index (Phi) is 25.3. The van der Waals surface area contributed by atoms with Gasteiger partial charge in [-0.2, -0.15) is 6.42 Å². The second-order valence-electron chi connectivity index (χ2n) is 25.1. The van der Waals surface area contributed by atoms with E-state index in [9.17, 15) is 0 Å². The van der Waals surface area contributed by atoms with Crippen molar-refractivity contribution in [2.75, 3.05) is 0 Å². The molecule has 0 radical (unpaired) electrons. The van der Waals surface area contributed by atoms with Gasteiger partial charge in [-0.15, -0.1) is 0 Å². The average molecular weight is 1420 g/mol. The second kappa shape index (κ2) is 32.3. The van der Waals surface area contributed by atoms with Gasteiger partial charge >= 0.3 is 40.4 Å². The molecule has 470 valence electrons. The van der Waals surface area contributed by atoms with Gasteiger partial charge in [-0.05, 0) is 215 Å². The summed E-state index contributed by atoms with van der Waals surface area (Å²) in [7, 11) is -2.27. The number of benzene rings is 12. The molecule has 2 heterocycles. The molecule has 2 fully saturated rings. The van der Waals surface area contributed by atoms with Gasteiger partial charge < -0.3 is 40.2 Å². The van der Waals surface area contributed by atoms with Gasteiger partial charge in [0.2, 0.25) is 0 Å². The van der Waals surface area contributed by atoms with Crippen LogP contribution in [0.5, 0.6) is 0 Å². The fraction of sp³-hybridized carbons (Fsp3) is 0.228. The molecule has 7 nitrogen and oxygen atoms in total. The van der Waals surface area contributed by atoms with Crippen LogP contribution in [0.1, 0.15) is 89.0 Å². The maximum Gasteiger partial charge on any atom is 1.00 e. The molecule has 0 spiro atoms. The Hall–Kier alpha value is -5.85. The average Bonchev–Trinajstić information content (AvgIpc) is 1.73. The molecule has 2 N–H and O–H groups in total. The third kappa shape index (κ3) is 16.7. The van der Waals surface area contributed by atoms with Gasteiger partial charge in [0.1, 0.15) is 0 Å². The standard InChI is InChI=1S/C26H25BO2.C20H13Br.C14H8Br2.C9H19BO3.C6H7BO2.C4H9.Li/c1-25(2)26(3,4)29-27(28-25)24-21-16-10-8-14-19(21)23(18-12-6-5-7-13-18)20-15-9-11-17-22(20)24;21-20-17-12-6-4-10-15(17)19(14-8-2-1-3-9-14)16-11-5-7-13-18(16)20;15-13-9-5-1-2-6-10(9)14(16)12-8-4-3-7-11(12)13;1-7(2)11-10-12-8(3,4)9(5,6)13-10;8-7(9)6-4-2-1-3-5-6;1-3-4-2;/h5-17H,1-4H3;1-13H;1-8H;7H,1-6H3;1-5,8-9H;1,3-4H2,2H3;/q;;;;;-1;+1. The molecule has 0 amide bonds. The normalized spacial score (nSPS) is 14.8. The smallest absolute Gasteiger partial charge is 0.423 e. The Balaban J connectivity index is 0.000000154. The number of halogens is 3. The second-order valence-corrected chi connectivity index (χ2v) is 27.4. The van der Waals surface area contributed by atoms with Crippen molar-refractivity contribution in [3.05, 3.63) is 257 Å². The zero-order valence-electron chi connectivity index (χ0n) is 55.5. The van der Waals surface area contributed by atoms with E-state index >= 15 is 0 Å². The zero-order valence-corrected chi connectivity index (χ0v) is 60.3. The van der Waals surface area contributed by atoms with E-state index in [4.69, 9.17) is 33.3 Å². The van der Waals surface area contributed by atoms with Crippen molar-refractivity contribution in [2.24, 2.45) is 0 Å². The molecule has 14 heteroatoms. The minimum atomic E-state index is -1.34. The number of rotatable bonds is 7. The molecular formula is C79H81B3Br3LiO7. The van der Waals surface area contributed by atoms with Gasteiger partial charge in [-0.25, -0.2) is 0 Å². The van der Waals surface area contributed by atoms with E-state index in [0.717, 1.165) is 11.9 Å². The molecule has 12 aromatic rings. The first kappa shape index (κ1) is 73.0. The van der Waals surface area contributed by atoms with Crippen molar-refractivity contribution >= 4 is 145 Å². The predicted octanol–water partition coefficient (Wildman–Crippen LogP) is 17.9. The van der Waals surface area contributed by atoms with Crippen LogP contribution in [0.4, 0.5) is 0 Å². The van der Waals surface area contributed by atoms with E-state index in [1.54, 1.807) is 24.3 Å². The quantitative estimate of drug-likeness (QED) is 0.0934. The van der Waals surface area contributed by atoms with Gasteiger partial charge in [0, 0.05) is 19.5 Å². The maximum atomic E-state index is 8.58. The minimum Gasteiger partial charge on any atom is -0.423 e. The van der Waals surface area contributed by atoms with Crippen molar-refractivity contribution in [1.29, 1.82) is 0 Å². The van der Waals surface area contributed by atoms with Crippen LogP contribution in [0.15, 0.2) is 250 Å². The van der Waals surface area contributed by atoms with Gasteiger partial charge in [-0.3, -0.25) is 0 Å². The largest absolute Gasteiger partial charge is 1.00 e. The fourth-order valence-corrected chi connectivity index (χ4v) is 13.1. The van der Waals surface area contributed by atoms with Crippen molar-refractivity contribution in [3.63, 3.8) is 0 Å². The van der Waals surface area contributed by atoms with E-state index in [0.29, 0.717) is 5.46 Å². The molecule has 14 rings (SSSR count). The van der Waals surface area contributed by atoms with E-state index < -0.39 is 21.6 Å². The first-order valence-corrected chi connectivity index (χ1v) is 33.8. The molecule has 0 unspecified atom stereocenters. The summed E-state index contributed by atoms with van der Waals surface area (Å²) in [6.45, 7) is 26.1. The summed E-state index contributed by atoms with van der Waals surface area (Å²) in [5.41, 5.74) is 5.35. The molecule has 0 saturated carbocycles. The Morgan fingerprint density at radius 1 is 0.398 bits per heavy atom. The van der Waals surface area contributed by atoms with Crippen LogP contribution in [-0.4, -0.2) is 60.1 Å². The maximum absolute atomic E-state index is 8.58. The first-order valence-electron chi connectivity index (χ1n) is 31.4. The SMILES string of the molecule is Brc1c2ccccc2c(-c2ccccc2)c2ccccc12.Brc1c2ccccc2c(Br)c2ccccc12.CC(C)OB1OC(C)(C)C(C)(C)O1.CC1(C)OB(c2c3ccccc3c(-c3ccccc3)c3ccccc23)OC1(C)C.OB(O)c1ccccc1.[CH2-]CCC.[Li+]. The number of hydrogen-bond donors (Lipinski definition) is 2. The van der Waals surface area contributed by atoms with Crippen molar-refractivity contribution in [1.82, 2.24) is 0 Å². The molecule has 2 aliphatic heterocycles. The van der Waals surface area contributed by atoms with Crippen LogP contribution in [0.25, 0.3) is 86.9 Å². The molecule has 0 bridgehead atoms. The molecule has 0 aromatic heterocycles. The molecule has 2 saturated heterocycles. The molecule has 12 aromatic carbocycles. The Bertz CT molecular complexity index is 4180. The predicted molar refractivity (Wildman–Crippen MR) is 403 cm³/mol. The monoisotopic (exact) mass is 1420 g/mol. The van der Waals surface area contributed by atoms with Crippen molar-refractivity contribution < 1.29 is 52.2 Å². The first-order chi connectivity index (χ1) is 44.0. The summed E-state index contributed by atoms with van der Waals surface area (Å²) in [5.74, 6) is 0. The van der Waals surface area contributed by atoms with E-state index in [2.05, 4.69) is 296 Å². The summed E-state index contributed by atoms with van der Waals surface area (Å²) in [5, 5.41) is 32.0.